The molecule has 5 heteroatoms. The molecule has 2 atom stereocenters. The summed E-state index contributed by atoms with van der Waals surface area (Å²) >= 11 is 0. The molecule has 0 bridgehead atoms. The fourth-order valence-electron chi connectivity index (χ4n) is 2.39. The Balaban J connectivity index is 1.63. The Hall–Kier alpha value is -1.36. The van der Waals surface area contributed by atoms with Crippen LogP contribution >= 0.6 is 0 Å². The first-order valence-electron chi connectivity index (χ1n) is 6.74. The van der Waals surface area contributed by atoms with E-state index >= 15 is 0 Å². The van der Waals surface area contributed by atoms with Gasteiger partial charge in [-0.25, -0.2) is 0 Å². The molecule has 1 aromatic heterocycles. The molecular formula is C13H22N4O. The van der Waals surface area contributed by atoms with E-state index in [0.717, 1.165) is 19.5 Å². The molecule has 1 saturated heterocycles. The summed E-state index contributed by atoms with van der Waals surface area (Å²) in [5, 5.41) is 10.5. The van der Waals surface area contributed by atoms with Crippen LogP contribution in [0.5, 0.6) is 0 Å². The quantitative estimate of drug-likeness (QED) is 0.789. The first-order valence-corrected chi connectivity index (χ1v) is 6.74. The van der Waals surface area contributed by atoms with E-state index in [0.29, 0.717) is 12.5 Å². The van der Waals surface area contributed by atoms with Gasteiger partial charge in [0.05, 0.1) is 6.54 Å². The molecule has 5 nitrogen and oxygen atoms in total. The summed E-state index contributed by atoms with van der Waals surface area (Å²) in [6, 6.07) is 2.55. The first kappa shape index (κ1) is 13.1. The zero-order valence-corrected chi connectivity index (χ0v) is 10.9. The van der Waals surface area contributed by atoms with Crippen LogP contribution in [0, 0.1) is 0 Å². The van der Waals surface area contributed by atoms with Crippen LogP contribution in [0.25, 0.3) is 0 Å². The molecule has 100 valence electrons. The van der Waals surface area contributed by atoms with E-state index in [-0.39, 0.29) is 11.9 Å². The highest BCUT2D eigenvalue weighted by Gasteiger charge is 2.16. The van der Waals surface area contributed by atoms with Crippen molar-refractivity contribution in [1.82, 2.24) is 20.4 Å². The molecule has 0 aliphatic carbocycles. The fraction of sp³-hybridized carbons (Fsp3) is 0.692. The monoisotopic (exact) mass is 250 g/mol. The molecule has 0 aromatic carbocycles. The van der Waals surface area contributed by atoms with Gasteiger partial charge in [-0.2, -0.15) is 5.10 Å². The van der Waals surface area contributed by atoms with E-state index in [1.165, 1.54) is 12.8 Å². The molecule has 0 radical (unpaired) electrons. The van der Waals surface area contributed by atoms with E-state index in [1.54, 1.807) is 6.20 Å². The minimum Gasteiger partial charge on any atom is -0.352 e. The molecule has 0 spiro atoms. The zero-order chi connectivity index (χ0) is 12.8. The highest BCUT2D eigenvalue weighted by molar-refractivity contribution is 5.76. The van der Waals surface area contributed by atoms with Crippen molar-refractivity contribution < 1.29 is 4.79 Å². The Morgan fingerprint density at radius 2 is 2.56 bits per heavy atom. The number of rotatable bonds is 6. The SMILES string of the molecule is CC(Cn1cccn1)NC(=O)CCC1CCCN1. The van der Waals surface area contributed by atoms with Crippen LogP contribution in [-0.2, 0) is 11.3 Å². The topological polar surface area (TPSA) is 59.0 Å². The van der Waals surface area contributed by atoms with Crippen molar-refractivity contribution in [3.05, 3.63) is 18.5 Å². The number of nitrogens with zero attached hydrogens (tertiary/aromatic N) is 2. The van der Waals surface area contributed by atoms with E-state index in [2.05, 4.69) is 15.7 Å². The van der Waals surface area contributed by atoms with Crippen LogP contribution in [0.2, 0.25) is 0 Å². The smallest absolute Gasteiger partial charge is 0.220 e. The van der Waals surface area contributed by atoms with Crippen LogP contribution < -0.4 is 10.6 Å². The molecule has 2 heterocycles. The second-order valence-corrected chi connectivity index (χ2v) is 5.03. The summed E-state index contributed by atoms with van der Waals surface area (Å²) in [6.45, 7) is 3.83. The molecule has 0 saturated carbocycles. The fourth-order valence-corrected chi connectivity index (χ4v) is 2.39. The summed E-state index contributed by atoms with van der Waals surface area (Å²) in [5.74, 6) is 0.142. The van der Waals surface area contributed by atoms with Gasteiger partial charge in [-0.15, -0.1) is 0 Å². The predicted molar refractivity (Wildman–Crippen MR) is 70.1 cm³/mol. The highest BCUT2D eigenvalue weighted by Crippen LogP contribution is 2.10. The van der Waals surface area contributed by atoms with Gasteiger partial charge in [-0.3, -0.25) is 9.48 Å². The number of carbonyl (C=O) groups is 1. The maximum Gasteiger partial charge on any atom is 0.220 e. The standard InChI is InChI=1S/C13H22N4O/c1-11(10-17-9-3-8-15-17)16-13(18)6-5-12-4-2-7-14-12/h3,8-9,11-12,14H,2,4-7,10H2,1H3,(H,16,18). The van der Waals surface area contributed by atoms with Gasteiger partial charge in [-0.05, 0) is 38.8 Å². The second-order valence-electron chi connectivity index (χ2n) is 5.03. The van der Waals surface area contributed by atoms with E-state index < -0.39 is 0 Å². The third-order valence-corrected chi connectivity index (χ3v) is 3.31. The predicted octanol–water partition coefficient (Wildman–Crippen LogP) is 0.920. The summed E-state index contributed by atoms with van der Waals surface area (Å²) in [5.41, 5.74) is 0. The summed E-state index contributed by atoms with van der Waals surface area (Å²) in [7, 11) is 0. The van der Waals surface area contributed by atoms with E-state index in [4.69, 9.17) is 0 Å². The number of hydrogen-bond acceptors (Lipinski definition) is 3. The maximum atomic E-state index is 11.8. The van der Waals surface area contributed by atoms with Crippen molar-refractivity contribution in [1.29, 1.82) is 0 Å². The highest BCUT2D eigenvalue weighted by atomic mass is 16.1. The van der Waals surface area contributed by atoms with Crippen LogP contribution in [0.15, 0.2) is 18.5 Å². The van der Waals surface area contributed by atoms with Gasteiger partial charge >= 0.3 is 0 Å². The van der Waals surface area contributed by atoms with Crippen LogP contribution in [-0.4, -0.2) is 34.3 Å². The average Bonchev–Trinajstić information content (AvgIpc) is 2.98. The molecule has 2 rings (SSSR count). The number of carbonyl (C=O) groups excluding carboxylic acids is 1. The Morgan fingerprint density at radius 3 is 3.22 bits per heavy atom. The van der Waals surface area contributed by atoms with Crippen LogP contribution in [0.1, 0.15) is 32.6 Å². The van der Waals surface area contributed by atoms with Crippen molar-refractivity contribution in [3.8, 4) is 0 Å². The molecule has 2 N–H and O–H groups in total. The van der Waals surface area contributed by atoms with Gasteiger partial charge < -0.3 is 10.6 Å². The third kappa shape index (κ3) is 4.14. The lowest BCUT2D eigenvalue weighted by Crippen LogP contribution is -2.36. The molecule has 2 unspecified atom stereocenters. The number of hydrogen-bond donors (Lipinski definition) is 2. The molecule has 1 aliphatic heterocycles. The minimum atomic E-state index is 0.119. The van der Waals surface area contributed by atoms with Crippen molar-refractivity contribution in [2.75, 3.05) is 6.54 Å². The Labute approximate surface area is 108 Å². The third-order valence-electron chi connectivity index (χ3n) is 3.31. The lowest BCUT2D eigenvalue weighted by atomic mass is 10.1. The minimum absolute atomic E-state index is 0.119. The lowest BCUT2D eigenvalue weighted by molar-refractivity contribution is -0.122. The van der Waals surface area contributed by atoms with Crippen molar-refractivity contribution >= 4 is 5.91 Å². The van der Waals surface area contributed by atoms with Crippen molar-refractivity contribution in [2.24, 2.45) is 0 Å². The van der Waals surface area contributed by atoms with Gasteiger partial charge in [0.2, 0.25) is 5.91 Å². The Kier molecular flexibility index (Phi) is 4.75. The normalized spacial score (nSPS) is 20.8. The average molecular weight is 250 g/mol. The van der Waals surface area contributed by atoms with Gasteiger partial charge in [-0.1, -0.05) is 0 Å². The number of amides is 1. The second kappa shape index (κ2) is 6.54. The summed E-state index contributed by atoms with van der Waals surface area (Å²) in [4.78, 5) is 11.8. The molecular weight excluding hydrogens is 228 g/mol. The Bertz CT molecular complexity index is 357. The van der Waals surface area contributed by atoms with Crippen molar-refractivity contribution in [3.63, 3.8) is 0 Å². The van der Waals surface area contributed by atoms with Crippen LogP contribution in [0.3, 0.4) is 0 Å². The van der Waals surface area contributed by atoms with Crippen LogP contribution in [0.4, 0.5) is 0 Å². The van der Waals surface area contributed by atoms with Gasteiger partial charge in [0.1, 0.15) is 0 Å². The first-order chi connectivity index (χ1) is 8.74. The van der Waals surface area contributed by atoms with Crippen molar-refractivity contribution in [2.45, 2.75) is 51.2 Å². The molecule has 1 aromatic rings. The molecule has 1 amide bonds. The number of aromatic nitrogens is 2. The van der Waals surface area contributed by atoms with Gasteiger partial charge in [0, 0.05) is 30.9 Å². The number of nitrogens with one attached hydrogen (secondary N) is 2. The van der Waals surface area contributed by atoms with E-state index in [9.17, 15) is 4.79 Å². The summed E-state index contributed by atoms with van der Waals surface area (Å²) in [6.07, 6.45) is 7.66. The molecule has 18 heavy (non-hydrogen) atoms. The lowest BCUT2D eigenvalue weighted by Gasteiger charge is -2.15. The van der Waals surface area contributed by atoms with E-state index in [1.807, 2.05) is 23.9 Å². The summed E-state index contributed by atoms with van der Waals surface area (Å²) < 4.78 is 1.84. The van der Waals surface area contributed by atoms with Gasteiger partial charge in [0.25, 0.3) is 0 Å². The maximum absolute atomic E-state index is 11.8. The van der Waals surface area contributed by atoms with Gasteiger partial charge in [0.15, 0.2) is 0 Å². The Morgan fingerprint density at radius 1 is 1.67 bits per heavy atom. The molecule has 1 fully saturated rings. The zero-order valence-electron chi connectivity index (χ0n) is 10.9. The molecule has 1 aliphatic rings. The largest absolute Gasteiger partial charge is 0.352 e.